The molecule has 0 radical (unpaired) electrons. The number of nitrogens with zero attached hydrogens (tertiary/aromatic N) is 3. The molecule has 0 aromatic heterocycles. The minimum absolute atomic E-state index is 0.0533. The van der Waals surface area contributed by atoms with Crippen LogP contribution in [0.25, 0.3) is 0 Å². The molecule has 3 aliphatic rings. The number of ether oxygens (including phenoxy) is 1. The molecule has 1 atom stereocenters. The Morgan fingerprint density at radius 2 is 1.90 bits per heavy atom. The van der Waals surface area contributed by atoms with Crippen molar-refractivity contribution < 1.29 is 9.13 Å². The van der Waals surface area contributed by atoms with E-state index in [4.69, 9.17) is 9.73 Å². The highest BCUT2D eigenvalue weighted by Gasteiger charge is 2.36. The molecule has 1 aliphatic carbocycles. The minimum atomic E-state index is -0.162. The van der Waals surface area contributed by atoms with Gasteiger partial charge in [0.1, 0.15) is 5.82 Å². The number of rotatable bonds is 5. The van der Waals surface area contributed by atoms with Gasteiger partial charge in [-0.3, -0.25) is 9.89 Å². The van der Waals surface area contributed by atoms with Crippen molar-refractivity contribution >= 4 is 5.96 Å². The first kappa shape index (κ1) is 20.6. The lowest BCUT2D eigenvalue weighted by atomic mass is 9.79. The predicted molar refractivity (Wildman–Crippen MR) is 115 cm³/mol. The Morgan fingerprint density at radius 3 is 2.59 bits per heavy atom. The summed E-state index contributed by atoms with van der Waals surface area (Å²) >= 11 is 0. The number of halogens is 1. The van der Waals surface area contributed by atoms with Gasteiger partial charge in [-0.25, -0.2) is 4.39 Å². The molecule has 0 bridgehead atoms. The number of morpholine rings is 1. The van der Waals surface area contributed by atoms with Crippen LogP contribution in [-0.2, 0) is 10.2 Å². The number of likely N-dealkylation sites (tertiary alicyclic amines) is 1. The largest absolute Gasteiger partial charge is 0.379 e. The summed E-state index contributed by atoms with van der Waals surface area (Å²) in [5.74, 6) is 0.876. The number of aliphatic imine (C=N–C) groups is 1. The second kappa shape index (κ2) is 9.43. The Kier molecular flexibility index (Phi) is 6.70. The average molecular weight is 403 g/mol. The molecule has 1 N–H and O–H groups in total. The SMILES string of the molecule is CCNC(=NCC1(c2ccc(F)cc2)CCCC1)N1CCC(N2CCOCC2)C1. The molecule has 3 fully saturated rings. The summed E-state index contributed by atoms with van der Waals surface area (Å²) in [5, 5.41) is 3.52. The van der Waals surface area contributed by atoms with Crippen molar-refractivity contribution in [3.8, 4) is 0 Å². The molecule has 160 valence electrons. The average Bonchev–Trinajstić information content (AvgIpc) is 3.43. The molecular weight excluding hydrogens is 367 g/mol. The van der Waals surface area contributed by atoms with Crippen LogP contribution < -0.4 is 5.32 Å². The zero-order chi connectivity index (χ0) is 20.1. The van der Waals surface area contributed by atoms with E-state index in [1.54, 1.807) is 12.1 Å². The Balaban J connectivity index is 1.46. The van der Waals surface area contributed by atoms with Gasteiger partial charge in [-0.05, 0) is 43.9 Å². The van der Waals surface area contributed by atoms with Crippen LogP contribution in [0.2, 0.25) is 0 Å². The predicted octanol–water partition coefficient (Wildman–Crippen LogP) is 3.01. The van der Waals surface area contributed by atoms with Gasteiger partial charge in [0, 0.05) is 44.2 Å². The first-order valence-corrected chi connectivity index (χ1v) is 11.3. The number of guanidine groups is 1. The summed E-state index contributed by atoms with van der Waals surface area (Å²) in [7, 11) is 0. The second-order valence-electron chi connectivity index (χ2n) is 8.70. The molecule has 0 spiro atoms. The fourth-order valence-electron chi connectivity index (χ4n) is 5.22. The third-order valence-corrected chi connectivity index (χ3v) is 6.91. The molecule has 6 heteroatoms. The minimum Gasteiger partial charge on any atom is -0.379 e. The van der Waals surface area contributed by atoms with Gasteiger partial charge in [-0.1, -0.05) is 25.0 Å². The van der Waals surface area contributed by atoms with Crippen molar-refractivity contribution in [2.45, 2.75) is 50.5 Å². The number of hydrogen-bond acceptors (Lipinski definition) is 3. The fraction of sp³-hybridized carbons (Fsp3) is 0.696. The van der Waals surface area contributed by atoms with Crippen LogP contribution >= 0.6 is 0 Å². The molecule has 2 saturated heterocycles. The summed E-state index contributed by atoms with van der Waals surface area (Å²) in [5.41, 5.74) is 1.29. The van der Waals surface area contributed by atoms with Crippen LogP contribution in [0.1, 0.15) is 44.6 Å². The third-order valence-electron chi connectivity index (χ3n) is 6.91. The van der Waals surface area contributed by atoms with Gasteiger partial charge < -0.3 is 15.0 Å². The summed E-state index contributed by atoms with van der Waals surface area (Å²) in [6, 6.07) is 7.72. The van der Waals surface area contributed by atoms with E-state index < -0.39 is 0 Å². The molecule has 1 aromatic rings. The van der Waals surface area contributed by atoms with Gasteiger partial charge >= 0.3 is 0 Å². The highest BCUT2D eigenvalue weighted by molar-refractivity contribution is 5.80. The quantitative estimate of drug-likeness (QED) is 0.607. The molecule has 4 rings (SSSR count). The number of benzene rings is 1. The highest BCUT2D eigenvalue weighted by Crippen LogP contribution is 2.41. The monoisotopic (exact) mass is 402 g/mol. The lowest BCUT2D eigenvalue weighted by molar-refractivity contribution is 0.0195. The van der Waals surface area contributed by atoms with Gasteiger partial charge in [0.2, 0.25) is 0 Å². The fourth-order valence-corrected chi connectivity index (χ4v) is 5.22. The van der Waals surface area contributed by atoms with Gasteiger partial charge in [0.25, 0.3) is 0 Å². The number of hydrogen-bond donors (Lipinski definition) is 1. The lowest BCUT2D eigenvalue weighted by Crippen LogP contribution is -2.47. The van der Waals surface area contributed by atoms with Crippen LogP contribution in [0.3, 0.4) is 0 Å². The third kappa shape index (κ3) is 4.75. The zero-order valence-corrected chi connectivity index (χ0v) is 17.7. The van der Waals surface area contributed by atoms with Gasteiger partial charge in [0.05, 0.1) is 19.8 Å². The van der Waals surface area contributed by atoms with E-state index >= 15 is 0 Å². The zero-order valence-electron chi connectivity index (χ0n) is 17.7. The van der Waals surface area contributed by atoms with E-state index in [9.17, 15) is 4.39 Å². The van der Waals surface area contributed by atoms with Crippen LogP contribution in [0.4, 0.5) is 4.39 Å². The Labute approximate surface area is 174 Å². The maximum absolute atomic E-state index is 13.5. The van der Waals surface area contributed by atoms with Crippen LogP contribution in [-0.4, -0.2) is 74.3 Å². The van der Waals surface area contributed by atoms with Crippen LogP contribution in [0.5, 0.6) is 0 Å². The molecule has 5 nitrogen and oxygen atoms in total. The molecule has 2 aliphatic heterocycles. The van der Waals surface area contributed by atoms with E-state index in [2.05, 4.69) is 22.0 Å². The standard InChI is InChI=1S/C23H35FN4O/c1-2-25-22(28-12-9-21(17-28)27-13-15-29-16-14-27)26-18-23(10-3-4-11-23)19-5-7-20(24)8-6-19/h5-8,21H,2-4,9-18H2,1H3,(H,25,26). The van der Waals surface area contributed by atoms with Crippen molar-refractivity contribution in [1.82, 2.24) is 15.1 Å². The second-order valence-corrected chi connectivity index (χ2v) is 8.70. The first-order valence-electron chi connectivity index (χ1n) is 11.3. The molecular formula is C23H35FN4O. The summed E-state index contributed by atoms with van der Waals surface area (Å²) < 4.78 is 19.0. The van der Waals surface area contributed by atoms with E-state index in [1.165, 1.54) is 24.8 Å². The molecule has 1 unspecified atom stereocenters. The summed E-state index contributed by atoms with van der Waals surface area (Å²) in [6.45, 7) is 9.67. The maximum atomic E-state index is 13.5. The van der Waals surface area contributed by atoms with Gasteiger partial charge in [-0.2, -0.15) is 0 Å². The molecule has 1 aromatic carbocycles. The molecule has 1 saturated carbocycles. The van der Waals surface area contributed by atoms with E-state index in [0.29, 0.717) is 6.04 Å². The van der Waals surface area contributed by atoms with Crippen molar-refractivity contribution in [2.24, 2.45) is 4.99 Å². The Bertz CT molecular complexity index is 681. The van der Waals surface area contributed by atoms with Crippen molar-refractivity contribution in [1.29, 1.82) is 0 Å². The van der Waals surface area contributed by atoms with Crippen molar-refractivity contribution in [3.05, 3.63) is 35.6 Å². The highest BCUT2D eigenvalue weighted by atomic mass is 19.1. The Morgan fingerprint density at radius 1 is 1.17 bits per heavy atom. The summed E-state index contributed by atoms with van der Waals surface area (Å²) in [6.07, 6.45) is 5.92. The first-order chi connectivity index (χ1) is 14.2. The molecule has 0 amide bonds. The van der Waals surface area contributed by atoms with Gasteiger partial charge in [-0.15, -0.1) is 0 Å². The number of nitrogens with one attached hydrogen (secondary N) is 1. The molecule has 29 heavy (non-hydrogen) atoms. The van der Waals surface area contributed by atoms with Crippen LogP contribution in [0, 0.1) is 5.82 Å². The molecule has 2 heterocycles. The topological polar surface area (TPSA) is 40.1 Å². The van der Waals surface area contributed by atoms with E-state index in [1.807, 2.05) is 12.1 Å². The van der Waals surface area contributed by atoms with Gasteiger partial charge in [0.15, 0.2) is 5.96 Å². The normalized spacial score (nSPS) is 25.5. The van der Waals surface area contributed by atoms with E-state index in [0.717, 1.165) is 71.3 Å². The van der Waals surface area contributed by atoms with E-state index in [-0.39, 0.29) is 11.2 Å². The Hall–Kier alpha value is -1.66. The van der Waals surface area contributed by atoms with Crippen LogP contribution in [0.15, 0.2) is 29.3 Å². The summed E-state index contributed by atoms with van der Waals surface area (Å²) in [4.78, 5) is 10.1. The van der Waals surface area contributed by atoms with Crippen molar-refractivity contribution in [3.63, 3.8) is 0 Å². The smallest absolute Gasteiger partial charge is 0.193 e. The lowest BCUT2D eigenvalue weighted by Gasteiger charge is -2.32. The van der Waals surface area contributed by atoms with Crippen molar-refractivity contribution in [2.75, 3.05) is 52.5 Å². The maximum Gasteiger partial charge on any atom is 0.193 e.